The number of hydrogen-bond donors (Lipinski definition) is 2. The van der Waals surface area contributed by atoms with Crippen LogP contribution < -0.4 is 5.32 Å². The van der Waals surface area contributed by atoms with Crippen molar-refractivity contribution in [2.24, 2.45) is 0 Å². The lowest BCUT2D eigenvalue weighted by molar-refractivity contribution is -0.384. The highest BCUT2D eigenvalue weighted by atomic mass is 32.2. The molecule has 1 aromatic carbocycles. The SMILES string of the molecule is O=[N+]([O-])c1ccc(S(=O)CC(O)CNC2CC2)cc1. The highest BCUT2D eigenvalue weighted by Gasteiger charge is 2.22. The predicted molar refractivity (Wildman–Crippen MR) is 71.4 cm³/mol. The van der Waals surface area contributed by atoms with Crippen molar-refractivity contribution in [1.82, 2.24) is 5.32 Å². The summed E-state index contributed by atoms with van der Waals surface area (Å²) in [5.41, 5.74) is -0.0308. The van der Waals surface area contributed by atoms with Crippen LogP contribution in [-0.2, 0) is 10.8 Å². The van der Waals surface area contributed by atoms with Crippen molar-refractivity contribution in [1.29, 1.82) is 0 Å². The van der Waals surface area contributed by atoms with Gasteiger partial charge in [-0.2, -0.15) is 0 Å². The molecule has 104 valence electrons. The summed E-state index contributed by atoms with van der Waals surface area (Å²) in [6, 6.07) is 6.08. The molecule has 6 nitrogen and oxygen atoms in total. The highest BCUT2D eigenvalue weighted by molar-refractivity contribution is 7.85. The zero-order chi connectivity index (χ0) is 13.8. The minimum atomic E-state index is -1.34. The summed E-state index contributed by atoms with van der Waals surface area (Å²) in [6.45, 7) is 0.434. The van der Waals surface area contributed by atoms with E-state index in [-0.39, 0.29) is 11.4 Å². The number of aliphatic hydroxyl groups is 1. The molecule has 1 aliphatic rings. The van der Waals surface area contributed by atoms with Gasteiger partial charge in [-0.3, -0.25) is 14.3 Å². The fourth-order valence-corrected chi connectivity index (χ4v) is 2.74. The zero-order valence-corrected chi connectivity index (χ0v) is 11.1. The maximum atomic E-state index is 12.0. The van der Waals surface area contributed by atoms with Gasteiger partial charge >= 0.3 is 0 Å². The molecular weight excluding hydrogens is 268 g/mol. The third kappa shape index (κ3) is 4.38. The summed E-state index contributed by atoms with van der Waals surface area (Å²) in [4.78, 5) is 10.5. The standard InChI is InChI=1S/C12H16N2O4S/c15-11(7-13-9-1-2-9)8-19(18)12-5-3-10(4-6-12)14(16)17/h3-6,9,11,13,15H,1-2,7-8H2. The van der Waals surface area contributed by atoms with Crippen molar-refractivity contribution in [3.63, 3.8) is 0 Å². The number of rotatable bonds is 7. The molecule has 7 heteroatoms. The summed E-state index contributed by atoms with van der Waals surface area (Å²) in [5.74, 6) is 0.136. The van der Waals surface area contributed by atoms with E-state index >= 15 is 0 Å². The van der Waals surface area contributed by atoms with Gasteiger partial charge in [0.25, 0.3) is 5.69 Å². The number of hydrogen-bond acceptors (Lipinski definition) is 5. The second-order valence-electron chi connectivity index (χ2n) is 4.60. The number of nitrogens with zero attached hydrogens (tertiary/aromatic N) is 1. The van der Waals surface area contributed by atoms with Gasteiger partial charge in [-0.1, -0.05) is 0 Å². The van der Waals surface area contributed by atoms with Crippen LogP contribution in [0.5, 0.6) is 0 Å². The van der Waals surface area contributed by atoms with E-state index < -0.39 is 21.8 Å². The van der Waals surface area contributed by atoms with Crippen LogP contribution >= 0.6 is 0 Å². The van der Waals surface area contributed by atoms with Crippen molar-refractivity contribution in [3.8, 4) is 0 Å². The number of nitro benzene ring substituents is 1. The molecular formula is C12H16N2O4S. The molecule has 0 saturated heterocycles. The topological polar surface area (TPSA) is 92.5 Å². The largest absolute Gasteiger partial charge is 0.391 e. The van der Waals surface area contributed by atoms with Crippen LogP contribution in [0.2, 0.25) is 0 Å². The maximum absolute atomic E-state index is 12.0. The van der Waals surface area contributed by atoms with Gasteiger partial charge in [0.15, 0.2) is 0 Å². The van der Waals surface area contributed by atoms with Gasteiger partial charge < -0.3 is 10.4 Å². The Morgan fingerprint density at radius 1 is 1.42 bits per heavy atom. The third-order valence-corrected chi connectivity index (χ3v) is 4.36. The second kappa shape index (κ2) is 6.23. The van der Waals surface area contributed by atoms with Crippen molar-refractivity contribution >= 4 is 16.5 Å². The van der Waals surface area contributed by atoms with Gasteiger partial charge in [-0.25, -0.2) is 0 Å². The summed E-state index contributed by atoms with van der Waals surface area (Å²) in [5, 5.41) is 23.4. The van der Waals surface area contributed by atoms with E-state index in [9.17, 15) is 19.4 Å². The number of nitro groups is 1. The first-order valence-electron chi connectivity index (χ1n) is 6.10. The summed E-state index contributed by atoms with van der Waals surface area (Å²) in [6.07, 6.45) is 1.60. The van der Waals surface area contributed by atoms with Crippen LogP contribution in [0, 0.1) is 10.1 Å². The van der Waals surface area contributed by atoms with E-state index in [1.807, 2.05) is 0 Å². The molecule has 2 N–H and O–H groups in total. The van der Waals surface area contributed by atoms with Crippen LogP contribution in [0.4, 0.5) is 5.69 Å². The Hall–Kier alpha value is -1.31. The van der Waals surface area contributed by atoms with Gasteiger partial charge in [0.05, 0.1) is 27.6 Å². The molecule has 19 heavy (non-hydrogen) atoms. The molecule has 0 heterocycles. The molecule has 0 amide bonds. The van der Waals surface area contributed by atoms with Crippen molar-refractivity contribution in [2.75, 3.05) is 12.3 Å². The van der Waals surface area contributed by atoms with E-state index in [0.717, 1.165) is 12.8 Å². The normalized spacial score (nSPS) is 17.9. The quantitative estimate of drug-likeness (QED) is 0.571. The van der Waals surface area contributed by atoms with Crippen LogP contribution in [0.25, 0.3) is 0 Å². The third-order valence-electron chi connectivity index (χ3n) is 2.87. The van der Waals surface area contributed by atoms with Crippen LogP contribution in [0.1, 0.15) is 12.8 Å². The number of benzene rings is 1. The fourth-order valence-electron chi connectivity index (χ4n) is 1.64. The lowest BCUT2D eigenvalue weighted by Crippen LogP contribution is -2.32. The number of aliphatic hydroxyl groups excluding tert-OH is 1. The summed E-state index contributed by atoms with van der Waals surface area (Å²) in [7, 11) is -1.34. The van der Waals surface area contributed by atoms with E-state index in [1.54, 1.807) is 0 Å². The number of nitrogens with one attached hydrogen (secondary N) is 1. The van der Waals surface area contributed by atoms with Gasteiger partial charge in [0.2, 0.25) is 0 Å². The Kier molecular flexibility index (Phi) is 4.62. The molecule has 1 aliphatic carbocycles. The van der Waals surface area contributed by atoms with E-state index in [2.05, 4.69) is 5.32 Å². The van der Waals surface area contributed by atoms with Gasteiger partial charge in [-0.05, 0) is 25.0 Å². The van der Waals surface area contributed by atoms with Gasteiger partial charge in [-0.15, -0.1) is 0 Å². The lowest BCUT2D eigenvalue weighted by atomic mass is 10.3. The smallest absolute Gasteiger partial charge is 0.269 e. The molecule has 0 bridgehead atoms. The van der Waals surface area contributed by atoms with E-state index in [0.29, 0.717) is 17.5 Å². The predicted octanol–water partition coefficient (Wildman–Crippen LogP) is 0.815. The molecule has 0 spiro atoms. The maximum Gasteiger partial charge on any atom is 0.269 e. The van der Waals surface area contributed by atoms with E-state index in [1.165, 1.54) is 24.3 Å². The first-order valence-corrected chi connectivity index (χ1v) is 7.42. The molecule has 1 aromatic rings. The van der Waals surface area contributed by atoms with Crippen LogP contribution in [0.3, 0.4) is 0 Å². The molecule has 2 atom stereocenters. The van der Waals surface area contributed by atoms with Gasteiger partial charge in [0.1, 0.15) is 0 Å². The minimum Gasteiger partial charge on any atom is -0.391 e. The first kappa shape index (κ1) is 14.1. The van der Waals surface area contributed by atoms with Crippen molar-refractivity contribution in [2.45, 2.75) is 29.9 Å². The fraction of sp³-hybridized carbons (Fsp3) is 0.500. The Labute approximate surface area is 113 Å². The monoisotopic (exact) mass is 284 g/mol. The average molecular weight is 284 g/mol. The molecule has 1 saturated carbocycles. The molecule has 0 aliphatic heterocycles. The summed E-state index contributed by atoms with van der Waals surface area (Å²) >= 11 is 0. The molecule has 2 unspecified atom stereocenters. The van der Waals surface area contributed by atoms with E-state index in [4.69, 9.17) is 0 Å². The number of non-ortho nitro benzene ring substituents is 1. The Bertz CT molecular complexity index is 473. The zero-order valence-electron chi connectivity index (χ0n) is 10.3. The van der Waals surface area contributed by atoms with Crippen LogP contribution in [-0.4, -0.2) is 38.7 Å². The second-order valence-corrected chi connectivity index (χ2v) is 6.10. The Balaban J connectivity index is 1.85. The van der Waals surface area contributed by atoms with Crippen molar-refractivity contribution < 1.29 is 14.2 Å². The molecule has 0 aromatic heterocycles. The molecule has 2 rings (SSSR count). The summed E-state index contributed by atoms with van der Waals surface area (Å²) < 4.78 is 12.0. The van der Waals surface area contributed by atoms with Crippen molar-refractivity contribution in [3.05, 3.63) is 34.4 Å². The highest BCUT2D eigenvalue weighted by Crippen LogP contribution is 2.18. The molecule has 1 fully saturated rings. The first-order chi connectivity index (χ1) is 9.06. The lowest BCUT2D eigenvalue weighted by Gasteiger charge is -2.11. The van der Waals surface area contributed by atoms with Gasteiger partial charge in [0, 0.05) is 29.6 Å². The molecule has 0 radical (unpaired) electrons. The minimum absolute atomic E-state index is 0.0308. The average Bonchev–Trinajstić information content (AvgIpc) is 3.20. The van der Waals surface area contributed by atoms with Crippen LogP contribution in [0.15, 0.2) is 29.2 Å². The Morgan fingerprint density at radius 3 is 2.58 bits per heavy atom. The Morgan fingerprint density at radius 2 is 2.05 bits per heavy atom.